The van der Waals surface area contributed by atoms with Crippen molar-refractivity contribution < 1.29 is 9.59 Å². The molecule has 0 N–H and O–H groups in total. The Bertz CT molecular complexity index is 748. The first-order valence-electron chi connectivity index (χ1n) is 9.32. The monoisotopic (exact) mass is 383 g/mol. The zero-order chi connectivity index (χ0) is 19.6. The maximum absolute atomic E-state index is 12.8. The lowest BCUT2D eigenvalue weighted by atomic mass is 10.1. The van der Waals surface area contributed by atoms with Crippen LogP contribution in [0.3, 0.4) is 0 Å². The third-order valence-corrected chi connectivity index (χ3v) is 4.57. The van der Waals surface area contributed by atoms with E-state index in [-0.39, 0.29) is 17.4 Å². The van der Waals surface area contributed by atoms with E-state index in [1.807, 2.05) is 44.2 Å². The molecule has 0 radical (unpaired) electrons. The van der Waals surface area contributed by atoms with Crippen LogP contribution in [0.15, 0.2) is 52.7 Å². The van der Waals surface area contributed by atoms with Gasteiger partial charge in [0.1, 0.15) is 5.57 Å². The molecule has 6 heteroatoms. The van der Waals surface area contributed by atoms with E-state index in [0.717, 1.165) is 31.4 Å². The van der Waals surface area contributed by atoms with Crippen molar-refractivity contribution in [2.75, 3.05) is 13.1 Å². The Balaban J connectivity index is 2.28. The van der Waals surface area contributed by atoms with Crippen molar-refractivity contribution in [3.05, 3.63) is 47.7 Å². The van der Waals surface area contributed by atoms with Crippen LogP contribution in [-0.4, -0.2) is 46.0 Å². The fourth-order valence-corrected chi connectivity index (χ4v) is 2.94. The minimum absolute atomic E-state index is 0.00955. The SMILES string of the molecule is CCCCN1C(=O)C(=C=CC=Nc2ccccc2)C(=O)N(CCCC)C1=S. The standard InChI is InChI=1S/C21H25N3O2S/c1-3-5-15-23-19(25)18(20(26)24(21(23)27)16-6-4-2)13-10-14-22-17-11-8-7-9-12-17/h7-12,14H,3-6,15-16H2,1-2H3. The maximum atomic E-state index is 12.8. The zero-order valence-electron chi connectivity index (χ0n) is 15.9. The van der Waals surface area contributed by atoms with Crippen molar-refractivity contribution in [3.63, 3.8) is 0 Å². The Morgan fingerprint density at radius 3 is 2.07 bits per heavy atom. The summed E-state index contributed by atoms with van der Waals surface area (Å²) in [5.74, 6) is -0.758. The molecule has 5 nitrogen and oxygen atoms in total. The molecule has 27 heavy (non-hydrogen) atoms. The fourth-order valence-electron chi connectivity index (χ4n) is 2.59. The van der Waals surface area contributed by atoms with Gasteiger partial charge in [0, 0.05) is 19.3 Å². The minimum Gasteiger partial charge on any atom is -0.284 e. The molecule has 1 aromatic rings. The number of carbonyl (C=O) groups excluding carboxylic acids is 2. The van der Waals surface area contributed by atoms with E-state index in [1.165, 1.54) is 22.1 Å². The molecule has 0 spiro atoms. The van der Waals surface area contributed by atoms with Gasteiger partial charge in [-0.15, -0.1) is 0 Å². The van der Waals surface area contributed by atoms with Crippen molar-refractivity contribution in [2.45, 2.75) is 39.5 Å². The predicted octanol–water partition coefficient (Wildman–Crippen LogP) is 4.03. The number of aliphatic imine (C=N–C) groups is 1. The highest BCUT2D eigenvalue weighted by molar-refractivity contribution is 7.80. The highest BCUT2D eigenvalue weighted by atomic mass is 32.1. The lowest BCUT2D eigenvalue weighted by Gasteiger charge is -2.36. The summed E-state index contributed by atoms with van der Waals surface area (Å²) < 4.78 is 0. The minimum atomic E-state index is -0.379. The van der Waals surface area contributed by atoms with Gasteiger partial charge in [-0.3, -0.25) is 24.4 Å². The smallest absolute Gasteiger partial charge is 0.273 e. The summed E-state index contributed by atoms with van der Waals surface area (Å²) in [4.78, 5) is 32.8. The molecule has 1 saturated heterocycles. The highest BCUT2D eigenvalue weighted by Gasteiger charge is 2.38. The first-order chi connectivity index (χ1) is 13.1. The van der Waals surface area contributed by atoms with Gasteiger partial charge in [0.15, 0.2) is 5.11 Å². The van der Waals surface area contributed by atoms with E-state index in [1.54, 1.807) is 0 Å². The summed E-state index contributed by atoms with van der Waals surface area (Å²) in [5, 5.41) is 0.301. The molecule has 0 aliphatic carbocycles. The van der Waals surface area contributed by atoms with Gasteiger partial charge in [-0.2, -0.15) is 0 Å². The van der Waals surface area contributed by atoms with Crippen LogP contribution in [0.2, 0.25) is 0 Å². The highest BCUT2D eigenvalue weighted by Crippen LogP contribution is 2.18. The number of thiocarbonyl (C=S) groups is 1. The van der Waals surface area contributed by atoms with Crippen molar-refractivity contribution in [1.82, 2.24) is 9.80 Å². The number of carbonyl (C=O) groups is 2. The third-order valence-electron chi connectivity index (χ3n) is 4.13. The molecule has 1 aromatic carbocycles. The van der Waals surface area contributed by atoms with Crippen molar-refractivity contribution in [2.24, 2.45) is 4.99 Å². The summed E-state index contributed by atoms with van der Waals surface area (Å²) in [6.45, 7) is 5.11. The molecule has 1 aliphatic rings. The second-order valence-corrected chi connectivity index (χ2v) is 6.57. The number of hydrogen-bond acceptors (Lipinski definition) is 4. The van der Waals surface area contributed by atoms with Crippen LogP contribution < -0.4 is 0 Å². The molecule has 0 atom stereocenters. The second kappa shape index (κ2) is 10.6. The number of rotatable bonds is 8. The van der Waals surface area contributed by atoms with Gasteiger partial charge >= 0.3 is 0 Å². The Labute approximate surface area is 166 Å². The molecular weight excluding hydrogens is 358 g/mol. The number of benzene rings is 1. The molecule has 1 fully saturated rings. The van der Waals surface area contributed by atoms with Crippen LogP contribution >= 0.6 is 12.2 Å². The van der Waals surface area contributed by atoms with Gasteiger partial charge in [0.25, 0.3) is 11.8 Å². The van der Waals surface area contributed by atoms with Crippen LogP contribution in [-0.2, 0) is 9.59 Å². The van der Waals surface area contributed by atoms with Gasteiger partial charge in [-0.25, -0.2) is 0 Å². The molecule has 0 bridgehead atoms. The molecule has 0 aromatic heterocycles. The van der Waals surface area contributed by atoms with Gasteiger partial charge in [-0.05, 0) is 43.3 Å². The third kappa shape index (κ3) is 5.46. The van der Waals surface area contributed by atoms with Gasteiger partial charge in [0.2, 0.25) is 0 Å². The van der Waals surface area contributed by atoms with Crippen LogP contribution in [0, 0.1) is 0 Å². The van der Waals surface area contributed by atoms with Gasteiger partial charge in [-0.1, -0.05) is 50.6 Å². The Hall–Kier alpha value is -2.56. The first-order valence-corrected chi connectivity index (χ1v) is 9.73. The molecule has 2 rings (SSSR count). The number of hydrogen-bond donors (Lipinski definition) is 0. The molecule has 1 heterocycles. The zero-order valence-corrected chi connectivity index (χ0v) is 16.7. The van der Waals surface area contributed by atoms with Crippen LogP contribution in [0.1, 0.15) is 39.5 Å². The average molecular weight is 384 g/mol. The maximum Gasteiger partial charge on any atom is 0.273 e. The molecule has 2 amide bonds. The summed E-state index contributed by atoms with van der Waals surface area (Å²) in [7, 11) is 0. The topological polar surface area (TPSA) is 53.0 Å². The summed E-state index contributed by atoms with van der Waals surface area (Å²) in [6, 6.07) is 9.43. The van der Waals surface area contributed by atoms with E-state index in [9.17, 15) is 9.59 Å². The van der Waals surface area contributed by atoms with Gasteiger partial charge in [0.05, 0.1) is 5.69 Å². The van der Waals surface area contributed by atoms with E-state index >= 15 is 0 Å². The second-order valence-electron chi connectivity index (χ2n) is 6.20. The normalized spacial score (nSPS) is 14.9. The quantitative estimate of drug-likeness (QED) is 0.224. The number of unbranched alkanes of at least 4 members (excludes halogenated alkanes) is 2. The lowest BCUT2D eigenvalue weighted by Crippen LogP contribution is -2.56. The molecule has 0 unspecified atom stereocenters. The number of nitrogens with zero attached hydrogens (tertiary/aromatic N) is 3. The molecular formula is C21H25N3O2S. The Morgan fingerprint density at radius 1 is 1.00 bits per heavy atom. The molecule has 142 valence electrons. The summed E-state index contributed by atoms with van der Waals surface area (Å²) >= 11 is 5.41. The molecule has 0 saturated carbocycles. The summed E-state index contributed by atoms with van der Waals surface area (Å²) in [5.41, 5.74) is 3.62. The van der Waals surface area contributed by atoms with Crippen molar-refractivity contribution >= 4 is 41.0 Å². The van der Waals surface area contributed by atoms with Crippen LogP contribution in [0.5, 0.6) is 0 Å². The summed E-state index contributed by atoms with van der Waals surface area (Å²) in [6.07, 6.45) is 6.56. The first kappa shape index (κ1) is 20.7. The Kier molecular flexibility index (Phi) is 8.11. The van der Waals surface area contributed by atoms with E-state index in [0.29, 0.717) is 18.2 Å². The van der Waals surface area contributed by atoms with Crippen LogP contribution in [0.4, 0.5) is 5.69 Å². The van der Waals surface area contributed by atoms with E-state index in [4.69, 9.17) is 12.2 Å². The Morgan fingerprint density at radius 2 is 1.56 bits per heavy atom. The van der Waals surface area contributed by atoms with E-state index in [2.05, 4.69) is 10.7 Å². The number of para-hydroxylation sites is 1. The van der Waals surface area contributed by atoms with Crippen LogP contribution in [0.25, 0.3) is 0 Å². The van der Waals surface area contributed by atoms with Gasteiger partial charge < -0.3 is 0 Å². The fraction of sp³-hybridized carbons (Fsp3) is 0.381. The predicted molar refractivity (Wildman–Crippen MR) is 112 cm³/mol. The number of amides is 2. The largest absolute Gasteiger partial charge is 0.284 e. The molecule has 1 aliphatic heterocycles. The van der Waals surface area contributed by atoms with E-state index < -0.39 is 0 Å². The average Bonchev–Trinajstić information content (AvgIpc) is 2.68. The van der Waals surface area contributed by atoms with Crippen molar-refractivity contribution in [3.8, 4) is 0 Å². The van der Waals surface area contributed by atoms with Crippen molar-refractivity contribution in [1.29, 1.82) is 0 Å². The lowest BCUT2D eigenvalue weighted by molar-refractivity contribution is -0.133.